The molecule has 1 unspecified atom stereocenters. The Hall–Kier alpha value is -2.41. The molecule has 2 aromatic heterocycles. The number of carbonyl (C=O) groups excluding carboxylic acids is 1. The Morgan fingerprint density at radius 1 is 1.25 bits per heavy atom. The van der Waals surface area contributed by atoms with Crippen molar-refractivity contribution in [3.8, 4) is 0 Å². The van der Waals surface area contributed by atoms with Crippen molar-refractivity contribution >= 4 is 5.91 Å². The molecule has 152 valence electrons. The highest BCUT2D eigenvalue weighted by atomic mass is 16.3. The molecule has 1 fully saturated rings. The van der Waals surface area contributed by atoms with E-state index in [1.807, 2.05) is 12.1 Å². The topological polar surface area (TPSA) is 80.4 Å². The van der Waals surface area contributed by atoms with Crippen LogP contribution in [0.2, 0.25) is 0 Å². The molecule has 2 aromatic rings. The first-order valence-corrected chi connectivity index (χ1v) is 10.0. The van der Waals surface area contributed by atoms with Gasteiger partial charge < -0.3 is 9.73 Å². The van der Waals surface area contributed by atoms with Crippen LogP contribution >= 0.6 is 0 Å². The van der Waals surface area contributed by atoms with Crippen LogP contribution in [0, 0.1) is 13.8 Å². The number of rotatable bonds is 6. The molecule has 1 saturated heterocycles. The van der Waals surface area contributed by atoms with Crippen molar-refractivity contribution in [1.29, 1.82) is 0 Å². The van der Waals surface area contributed by atoms with Gasteiger partial charge in [0.25, 0.3) is 5.56 Å². The Kier molecular flexibility index (Phi) is 6.67. The standard InChI is InChI=1S/C21H30N4O3/c1-15-17(23-16(2)24(3)21(15)27)13-20(26)22-14-18(19-9-8-12-28-19)25-10-6-4-5-7-11-25/h8-9,12,18H,4-7,10-11,13-14H2,1-3H3,(H,22,26). The summed E-state index contributed by atoms with van der Waals surface area (Å²) in [6.45, 7) is 6.00. The molecule has 0 spiro atoms. The van der Waals surface area contributed by atoms with E-state index in [1.54, 1.807) is 27.2 Å². The smallest absolute Gasteiger partial charge is 0.256 e. The minimum Gasteiger partial charge on any atom is -0.468 e. The number of nitrogens with one attached hydrogen (secondary N) is 1. The first kappa shape index (κ1) is 20.3. The van der Waals surface area contributed by atoms with E-state index in [-0.39, 0.29) is 23.9 Å². The molecule has 3 heterocycles. The summed E-state index contributed by atoms with van der Waals surface area (Å²) in [7, 11) is 1.69. The van der Waals surface area contributed by atoms with Gasteiger partial charge in [0.15, 0.2) is 0 Å². The third-order valence-electron chi connectivity index (χ3n) is 5.61. The lowest BCUT2D eigenvalue weighted by molar-refractivity contribution is -0.120. The van der Waals surface area contributed by atoms with Crippen molar-refractivity contribution in [2.24, 2.45) is 7.05 Å². The van der Waals surface area contributed by atoms with Gasteiger partial charge in [-0.05, 0) is 51.9 Å². The number of likely N-dealkylation sites (tertiary alicyclic amines) is 1. The Labute approximate surface area is 165 Å². The third-order valence-corrected chi connectivity index (χ3v) is 5.61. The maximum atomic E-state index is 12.6. The summed E-state index contributed by atoms with van der Waals surface area (Å²) in [6.07, 6.45) is 6.62. The number of hydrogen-bond acceptors (Lipinski definition) is 5. The number of hydrogen-bond donors (Lipinski definition) is 1. The number of carbonyl (C=O) groups is 1. The summed E-state index contributed by atoms with van der Waals surface area (Å²) < 4.78 is 7.16. The summed E-state index contributed by atoms with van der Waals surface area (Å²) in [5.41, 5.74) is 0.967. The molecule has 1 aliphatic heterocycles. The number of nitrogens with zero attached hydrogens (tertiary/aromatic N) is 3. The molecule has 1 amide bonds. The van der Waals surface area contributed by atoms with Crippen LogP contribution in [0.5, 0.6) is 0 Å². The van der Waals surface area contributed by atoms with Gasteiger partial charge in [0, 0.05) is 19.2 Å². The van der Waals surface area contributed by atoms with E-state index >= 15 is 0 Å². The lowest BCUT2D eigenvalue weighted by Gasteiger charge is -2.29. The van der Waals surface area contributed by atoms with Crippen molar-refractivity contribution in [1.82, 2.24) is 19.8 Å². The van der Waals surface area contributed by atoms with Crippen LogP contribution in [0.15, 0.2) is 27.6 Å². The fourth-order valence-corrected chi connectivity index (χ4v) is 3.77. The van der Waals surface area contributed by atoms with Gasteiger partial charge in [-0.3, -0.25) is 19.1 Å². The average Bonchev–Trinajstić information content (AvgIpc) is 3.07. The molecule has 0 saturated carbocycles. The second-order valence-corrected chi connectivity index (χ2v) is 7.56. The van der Waals surface area contributed by atoms with Crippen LogP contribution in [-0.4, -0.2) is 40.0 Å². The molecule has 0 aromatic carbocycles. The second-order valence-electron chi connectivity index (χ2n) is 7.56. The fraction of sp³-hybridized carbons (Fsp3) is 0.571. The summed E-state index contributed by atoms with van der Waals surface area (Å²) in [4.78, 5) is 31.6. The minimum atomic E-state index is -0.130. The highest BCUT2D eigenvalue weighted by Gasteiger charge is 2.24. The predicted molar refractivity (Wildman–Crippen MR) is 107 cm³/mol. The highest BCUT2D eigenvalue weighted by Crippen LogP contribution is 2.24. The quantitative estimate of drug-likeness (QED) is 0.824. The normalized spacial score (nSPS) is 16.5. The second kappa shape index (κ2) is 9.19. The molecule has 0 bridgehead atoms. The largest absolute Gasteiger partial charge is 0.468 e. The number of amides is 1. The van der Waals surface area contributed by atoms with E-state index < -0.39 is 0 Å². The molecule has 3 rings (SSSR count). The Morgan fingerprint density at radius 2 is 1.96 bits per heavy atom. The monoisotopic (exact) mass is 386 g/mol. The first-order valence-electron chi connectivity index (χ1n) is 10.0. The van der Waals surface area contributed by atoms with Gasteiger partial charge in [-0.1, -0.05) is 12.8 Å². The van der Waals surface area contributed by atoms with E-state index in [0.717, 1.165) is 18.8 Å². The van der Waals surface area contributed by atoms with Crippen molar-refractivity contribution in [2.45, 2.75) is 52.0 Å². The molecular weight excluding hydrogens is 356 g/mol. The molecule has 0 radical (unpaired) electrons. The van der Waals surface area contributed by atoms with Gasteiger partial charge in [0.05, 0.1) is 24.4 Å². The Bertz CT molecular complexity index is 849. The van der Waals surface area contributed by atoms with Crippen molar-refractivity contribution in [3.63, 3.8) is 0 Å². The molecule has 0 aliphatic carbocycles. The van der Waals surface area contributed by atoms with Gasteiger partial charge in [0.2, 0.25) is 5.91 Å². The third kappa shape index (κ3) is 4.70. The van der Waals surface area contributed by atoms with Crippen molar-refractivity contribution < 1.29 is 9.21 Å². The summed E-state index contributed by atoms with van der Waals surface area (Å²) in [5.74, 6) is 1.35. The van der Waals surface area contributed by atoms with Crippen LogP contribution in [0.25, 0.3) is 0 Å². The lowest BCUT2D eigenvalue weighted by atomic mass is 10.1. The molecule has 7 nitrogen and oxygen atoms in total. The van der Waals surface area contributed by atoms with Gasteiger partial charge in [0.1, 0.15) is 11.6 Å². The molecule has 1 aliphatic rings. The van der Waals surface area contributed by atoms with Crippen LogP contribution in [0.4, 0.5) is 0 Å². The molecule has 1 N–H and O–H groups in total. The van der Waals surface area contributed by atoms with E-state index in [2.05, 4.69) is 15.2 Å². The van der Waals surface area contributed by atoms with E-state index in [4.69, 9.17) is 4.42 Å². The zero-order valence-electron chi connectivity index (χ0n) is 17.0. The van der Waals surface area contributed by atoms with E-state index in [0.29, 0.717) is 23.6 Å². The molecule has 28 heavy (non-hydrogen) atoms. The maximum Gasteiger partial charge on any atom is 0.256 e. The first-order chi connectivity index (χ1) is 13.5. The van der Waals surface area contributed by atoms with Gasteiger partial charge in [-0.25, -0.2) is 4.98 Å². The summed E-state index contributed by atoms with van der Waals surface area (Å²) in [5, 5.41) is 3.03. The Balaban J connectivity index is 1.68. The zero-order valence-corrected chi connectivity index (χ0v) is 17.0. The molecule has 7 heteroatoms. The average molecular weight is 386 g/mol. The highest BCUT2D eigenvalue weighted by molar-refractivity contribution is 5.78. The summed E-state index contributed by atoms with van der Waals surface area (Å²) >= 11 is 0. The van der Waals surface area contributed by atoms with Crippen LogP contribution in [0.1, 0.15) is 54.6 Å². The van der Waals surface area contributed by atoms with Crippen LogP contribution in [0.3, 0.4) is 0 Å². The maximum absolute atomic E-state index is 12.6. The minimum absolute atomic E-state index is 0.0245. The van der Waals surface area contributed by atoms with Crippen molar-refractivity contribution in [2.75, 3.05) is 19.6 Å². The number of aromatic nitrogens is 2. The van der Waals surface area contributed by atoms with Gasteiger partial charge in [-0.2, -0.15) is 0 Å². The van der Waals surface area contributed by atoms with Crippen LogP contribution in [-0.2, 0) is 18.3 Å². The van der Waals surface area contributed by atoms with Crippen molar-refractivity contribution in [3.05, 3.63) is 51.6 Å². The van der Waals surface area contributed by atoms with E-state index in [1.165, 1.54) is 30.3 Å². The molecule has 1 atom stereocenters. The molecular formula is C21H30N4O3. The zero-order chi connectivity index (χ0) is 20.1. The number of aryl methyl sites for hydroxylation is 1. The fourth-order valence-electron chi connectivity index (χ4n) is 3.77. The number of furan rings is 1. The Morgan fingerprint density at radius 3 is 2.61 bits per heavy atom. The summed E-state index contributed by atoms with van der Waals surface area (Å²) in [6, 6.07) is 3.88. The predicted octanol–water partition coefficient (Wildman–Crippen LogP) is 2.27. The van der Waals surface area contributed by atoms with E-state index in [9.17, 15) is 9.59 Å². The van der Waals surface area contributed by atoms with Gasteiger partial charge in [-0.15, -0.1) is 0 Å². The van der Waals surface area contributed by atoms with Crippen LogP contribution < -0.4 is 10.9 Å². The van der Waals surface area contributed by atoms with Gasteiger partial charge >= 0.3 is 0 Å². The lowest BCUT2D eigenvalue weighted by Crippen LogP contribution is -2.39. The SMILES string of the molecule is Cc1c(CC(=O)NCC(c2ccco2)N2CCCCCC2)nc(C)n(C)c1=O.